The first-order valence-electron chi connectivity index (χ1n) is 11.2. The summed E-state index contributed by atoms with van der Waals surface area (Å²) in [4.78, 5) is 27.9. The molecule has 178 valence electrons. The Morgan fingerprint density at radius 3 is 2.48 bits per heavy atom. The average molecular weight is 528 g/mol. The largest absolute Gasteiger partial charge is 0.352 e. The summed E-state index contributed by atoms with van der Waals surface area (Å²) in [5.41, 5.74) is 1.88. The molecule has 2 aromatic rings. The lowest BCUT2D eigenvalue weighted by Crippen LogP contribution is -2.50. The fourth-order valence-electron chi connectivity index (χ4n) is 3.95. The third-order valence-electron chi connectivity index (χ3n) is 5.84. The van der Waals surface area contributed by atoms with Crippen LogP contribution in [0.25, 0.3) is 0 Å². The number of hydrogen-bond donors (Lipinski definition) is 1. The summed E-state index contributed by atoms with van der Waals surface area (Å²) in [5.74, 6) is 0.708. The molecule has 1 atom stereocenters. The summed E-state index contributed by atoms with van der Waals surface area (Å²) in [6.45, 7) is 2.07. The molecular formula is C25H29Cl3N2O2S. The Hall–Kier alpha value is -1.40. The number of benzene rings is 2. The normalized spacial score (nSPS) is 15.2. The van der Waals surface area contributed by atoms with Crippen molar-refractivity contribution in [1.82, 2.24) is 10.2 Å². The zero-order chi connectivity index (χ0) is 23.8. The second-order valence-corrected chi connectivity index (χ2v) is 10.6. The first kappa shape index (κ1) is 26.2. The van der Waals surface area contributed by atoms with E-state index in [1.54, 1.807) is 24.0 Å². The first-order valence-corrected chi connectivity index (χ1v) is 13.5. The highest BCUT2D eigenvalue weighted by atomic mass is 35.5. The lowest BCUT2D eigenvalue weighted by molar-refractivity contribution is -0.139. The fourth-order valence-corrected chi connectivity index (χ4v) is 5.34. The van der Waals surface area contributed by atoms with Crippen molar-refractivity contribution in [3.63, 3.8) is 0 Å². The number of carbonyl (C=O) groups excluding carboxylic acids is 2. The molecule has 0 saturated heterocycles. The van der Waals surface area contributed by atoms with Crippen molar-refractivity contribution in [1.29, 1.82) is 0 Å². The van der Waals surface area contributed by atoms with Crippen LogP contribution in [0.1, 0.15) is 50.2 Å². The number of hydrogen-bond acceptors (Lipinski definition) is 3. The summed E-state index contributed by atoms with van der Waals surface area (Å²) in [6.07, 6.45) is 5.47. The molecule has 8 heteroatoms. The Balaban J connectivity index is 1.68. The molecule has 1 saturated carbocycles. The van der Waals surface area contributed by atoms with Crippen LogP contribution in [0.4, 0.5) is 0 Å². The monoisotopic (exact) mass is 526 g/mol. The number of nitrogens with zero attached hydrogens (tertiary/aromatic N) is 1. The molecule has 4 nitrogen and oxygen atoms in total. The first-order chi connectivity index (χ1) is 15.8. The molecule has 0 aromatic heterocycles. The second kappa shape index (κ2) is 12.9. The number of rotatable bonds is 9. The Morgan fingerprint density at radius 2 is 1.79 bits per heavy atom. The van der Waals surface area contributed by atoms with E-state index in [0.717, 1.165) is 36.8 Å². The van der Waals surface area contributed by atoms with Crippen molar-refractivity contribution in [3.8, 4) is 0 Å². The Bertz CT molecular complexity index is 966. The Morgan fingerprint density at radius 1 is 1.03 bits per heavy atom. The van der Waals surface area contributed by atoms with Gasteiger partial charge in [0.2, 0.25) is 11.8 Å². The van der Waals surface area contributed by atoms with Crippen LogP contribution in [0, 0.1) is 0 Å². The van der Waals surface area contributed by atoms with Crippen molar-refractivity contribution >= 4 is 58.4 Å². The van der Waals surface area contributed by atoms with Crippen LogP contribution in [0.5, 0.6) is 0 Å². The lowest BCUT2D eigenvalue weighted by atomic mass is 9.95. The molecule has 1 N–H and O–H groups in total. The predicted octanol–water partition coefficient (Wildman–Crippen LogP) is 6.75. The molecule has 0 heterocycles. The van der Waals surface area contributed by atoms with E-state index in [4.69, 9.17) is 34.8 Å². The summed E-state index contributed by atoms with van der Waals surface area (Å²) >= 11 is 19.8. The van der Waals surface area contributed by atoms with Crippen LogP contribution >= 0.6 is 46.6 Å². The van der Waals surface area contributed by atoms with Crippen molar-refractivity contribution in [2.75, 3.05) is 5.75 Å². The van der Waals surface area contributed by atoms with Crippen molar-refractivity contribution in [3.05, 3.63) is 68.7 Å². The van der Waals surface area contributed by atoms with Gasteiger partial charge in [-0.3, -0.25) is 9.59 Å². The van der Waals surface area contributed by atoms with Crippen molar-refractivity contribution < 1.29 is 9.59 Å². The van der Waals surface area contributed by atoms with Gasteiger partial charge in [-0.1, -0.05) is 72.3 Å². The van der Waals surface area contributed by atoms with Crippen LogP contribution in [-0.4, -0.2) is 34.6 Å². The lowest BCUT2D eigenvalue weighted by Gasteiger charge is -2.31. The van der Waals surface area contributed by atoms with Gasteiger partial charge >= 0.3 is 0 Å². The zero-order valence-corrected chi connectivity index (χ0v) is 21.7. The molecular weight excluding hydrogens is 499 g/mol. The number of halogens is 3. The molecule has 0 aliphatic heterocycles. The highest BCUT2D eigenvalue weighted by molar-refractivity contribution is 7.99. The second-order valence-electron chi connectivity index (χ2n) is 8.41. The van der Waals surface area contributed by atoms with E-state index < -0.39 is 6.04 Å². The van der Waals surface area contributed by atoms with Gasteiger partial charge in [0.15, 0.2) is 0 Å². The highest BCUT2D eigenvalue weighted by Crippen LogP contribution is 2.25. The standard InChI is InChI=1S/C25H29Cl3N2O2S/c1-17(25(32)29-21-8-3-2-4-9-21)30(14-18-10-11-22(27)23(28)13-18)24(31)16-33-15-19-6-5-7-20(26)12-19/h5-7,10-13,17,21H,2-4,8-9,14-16H2,1H3,(H,29,32)/t17-/m1/s1. The molecule has 1 aliphatic carbocycles. The van der Waals surface area contributed by atoms with Gasteiger partial charge in [-0.2, -0.15) is 0 Å². The quantitative estimate of drug-likeness (QED) is 0.392. The van der Waals surface area contributed by atoms with E-state index in [-0.39, 0.29) is 30.2 Å². The number of amides is 2. The third-order valence-corrected chi connectivity index (χ3v) is 7.80. The maximum Gasteiger partial charge on any atom is 0.242 e. The van der Waals surface area contributed by atoms with E-state index in [2.05, 4.69) is 5.32 Å². The molecule has 1 fully saturated rings. The number of carbonyl (C=O) groups is 2. The highest BCUT2D eigenvalue weighted by Gasteiger charge is 2.28. The van der Waals surface area contributed by atoms with Crippen LogP contribution < -0.4 is 5.32 Å². The smallest absolute Gasteiger partial charge is 0.242 e. The van der Waals surface area contributed by atoms with E-state index in [0.29, 0.717) is 20.8 Å². The molecule has 33 heavy (non-hydrogen) atoms. The SMILES string of the molecule is C[C@H](C(=O)NC1CCCCC1)N(Cc1ccc(Cl)c(Cl)c1)C(=O)CSCc1cccc(Cl)c1. The fraction of sp³-hybridized carbons (Fsp3) is 0.440. The molecule has 0 spiro atoms. The van der Waals surface area contributed by atoms with E-state index >= 15 is 0 Å². The number of nitrogens with one attached hydrogen (secondary N) is 1. The minimum Gasteiger partial charge on any atom is -0.352 e. The predicted molar refractivity (Wildman–Crippen MR) is 139 cm³/mol. The molecule has 3 rings (SSSR count). The van der Waals surface area contributed by atoms with Gasteiger partial charge in [0.05, 0.1) is 15.8 Å². The van der Waals surface area contributed by atoms with Gasteiger partial charge < -0.3 is 10.2 Å². The van der Waals surface area contributed by atoms with Gasteiger partial charge in [-0.25, -0.2) is 0 Å². The maximum absolute atomic E-state index is 13.2. The zero-order valence-electron chi connectivity index (χ0n) is 18.7. The van der Waals surface area contributed by atoms with Gasteiger partial charge in [0.25, 0.3) is 0 Å². The van der Waals surface area contributed by atoms with Crippen LogP contribution in [0.3, 0.4) is 0 Å². The third kappa shape index (κ3) is 8.10. The maximum atomic E-state index is 13.2. The van der Waals surface area contributed by atoms with E-state index in [9.17, 15) is 9.59 Å². The summed E-state index contributed by atoms with van der Waals surface area (Å²) in [5, 5.41) is 4.71. The minimum atomic E-state index is -0.597. The van der Waals surface area contributed by atoms with Gasteiger partial charge in [-0.05, 0) is 55.2 Å². The number of thioether (sulfide) groups is 1. The van der Waals surface area contributed by atoms with Crippen molar-refractivity contribution in [2.24, 2.45) is 0 Å². The van der Waals surface area contributed by atoms with E-state index in [1.807, 2.05) is 30.3 Å². The minimum absolute atomic E-state index is 0.0978. The molecule has 2 aromatic carbocycles. The average Bonchev–Trinajstić information content (AvgIpc) is 2.80. The molecule has 1 aliphatic rings. The topological polar surface area (TPSA) is 49.4 Å². The van der Waals surface area contributed by atoms with Crippen LogP contribution in [0.2, 0.25) is 15.1 Å². The Kier molecular flexibility index (Phi) is 10.2. The summed E-state index contributed by atoms with van der Waals surface area (Å²) < 4.78 is 0. The van der Waals surface area contributed by atoms with Gasteiger partial charge in [0, 0.05) is 23.4 Å². The molecule has 0 radical (unpaired) electrons. The van der Waals surface area contributed by atoms with Crippen LogP contribution in [-0.2, 0) is 21.9 Å². The summed E-state index contributed by atoms with van der Waals surface area (Å²) in [6, 6.07) is 12.5. The Labute approximate surface area is 215 Å². The molecule has 2 amide bonds. The summed E-state index contributed by atoms with van der Waals surface area (Å²) in [7, 11) is 0. The van der Waals surface area contributed by atoms with Crippen LogP contribution in [0.15, 0.2) is 42.5 Å². The van der Waals surface area contributed by atoms with Gasteiger partial charge in [-0.15, -0.1) is 11.8 Å². The molecule has 0 unspecified atom stereocenters. The van der Waals surface area contributed by atoms with Crippen molar-refractivity contribution in [2.45, 2.75) is 63.4 Å². The van der Waals surface area contributed by atoms with E-state index in [1.165, 1.54) is 18.2 Å². The molecule has 0 bridgehead atoms. The van der Waals surface area contributed by atoms with Gasteiger partial charge in [0.1, 0.15) is 6.04 Å².